The summed E-state index contributed by atoms with van der Waals surface area (Å²) in [6.07, 6.45) is 1.64. The smallest absolute Gasteiger partial charge is 0.273 e. The normalized spacial score (nSPS) is 21.9. The van der Waals surface area contributed by atoms with Crippen molar-refractivity contribution in [3.63, 3.8) is 0 Å². The average Bonchev–Trinajstić information content (AvgIpc) is 3.16. The molecule has 1 amide bonds. The molecule has 6 nitrogen and oxygen atoms in total. The molecule has 0 radical (unpaired) electrons. The van der Waals surface area contributed by atoms with Gasteiger partial charge in [0.2, 0.25) is 0 Å². The highest BCUT2D eigenvalue weighted by Crippen LogP contribution is 2.30. The number of anilines is 2. The highest BCUT2D eigenvalue weighted by molar-refractivity contribution is 6.44. The molecular formula is C17H15ClN4O2. The number of hydrogen-bond donors (Lipinski definition) is 1. The molecule has 0 saturated carbocycles. The number of halogens is 1. The van der Waals surface area contributed by atoms with Gasteiger partial charge >= 0.3 is 0 Å². The Morgan fingerprint density at radius 1 is 1.25 bits per heavy atom. The Hall–Kier alpha value is -2.60. The van der Waals surface area contributed by atoms with Crippen LogP contribution < -0.4 is 10.2 Å². The first-order valence-corrected chi connectivity index (χ1v) is 8.05. The van der Waals surface area contributed by atoms with Gasteiger partial charge in [-0.1, -0.05) is 28.9 Å². The Morgan fingerprint density at radius 2 is 2.17 bits per heavy atom. The van der Waals surface area contributed by atoms with Crippen molar-refractivity contribution in [2.24, 2.45) is 11.1 Å². The fraction of sp³-hybridized carbons (Fsp3) is 0.235. The summed E-state index contributed by atoms with van der Waals surface area (Å²) in [5.41, 5.74) is 1.05. The van der Waals surface area contributed by atoms with E-state index in [1.165, 1.54) is 0 Å². The fourth-order valence-electron chi connectivity index (χ4n) is 3.03. The second kappa shape index (κ2) is 6.13. The maximum atomic E-state index is 12.5. The SMILES string of the molecule is O=C(Nc1cccc(Cl)c1)C1=NO[C@@H]2CN(c3ccccn3)C[C@H]12. The van der Waals surface area contributed by atoms with Crippen molar-refractivity contribution in [3.8, 4) is 0 Å². The van der Waals surface area contributed by atoms with E-state index in [2.05, 4.69) is 20.4 Å². The summed E-state index contributed by atoms with van der Waals surface area (Å²) in [6.45, 7) is 1.32. The van der Waals surface area contributed by atoms with Crippen LogP contribution >= 0.6 is 11.6 Å². The van der Waals surface area contributed by atoms with Crippen molar-refractivity contribution in [2.75, 3.05) is 23.3 Å². The summed E-state index contributed by atoms with van der Waals surface area (Å²) >= 11 is 5.94. The lowest BCUT2D eigenvalue weighted by Gasteiger charge is -2.17. The van der Waals surface area contributed by atoms with Crippen molar-refractivity contribution in [2.45, 2.75) is 6.10 Å². The molecule has 1 N–H and O–H groups in total. The largest absolute Gasteiger partial charge is 0.389 e. The van der Waals surface area contributed by atoms with E-state index < -0.39 is 0 Å². The first-order chi connectivity index (χ1) is 11.7. The maximum Gasteiger partial charge on any atom is 0.273 e. The fourth-order valence-corrected chi connectivity index (χ4v) is 3.22. The number of oxime groups is 1. The Bertz CT molecular complexity index is 796. The van der Waals surface area contributed by atoms with Gasteiger partial charge in [0.05, 0.1) is 12.5 Å². The maximum absolute atomic E-state index is 12.5. The number of benzene rings is 1. The zero-order chi connectivity index (χ0) is 16.5. The molecule has 1 aromatic carbocycles. The molecule has 1 fully saturated rings. The average molecular weight is 343 g/mol. The number of carbonyl (C=O) groups is 1. The van der Waals surface area contributed by atoms with Gasteiger partial charge in [-0.3, -0.25) is 4.79 Å². The van der Waals surface area contributed by atoms with Crippen LogP contribution in [0, 0.1) is 5.92 Å². The Balaban J connectivity index is 1.47. The number of rotatable bonds is 3. The Kier molecular flexibility index (Phi) is 3.82. The zero-order valence-electron chi connectivity index (χ0n) is 12.7. The molecule has 0 unspecified atom stereocenters. The second-order valence-electron chi connectivity index (χ2n) is 5.78. The molecule has 0 aliphatic carbocycles. The van der Waals surface area contributed by atoms with Crippen LogP contribution in [0.4, 0.5) is 11.5 Å². The number of nitrogens with one attached hydrogen (secondary N) is 1. The monoisotopic (exact) mass is 342 g/mol. The van der Waals surface area contributed by atoms with Crippen LogP contribution in [0.25, 0.3) is 0 Å². The summed E-state index contributed by atoms with van der Waals surface area (Å²) in [4.78, 5) is 24.4. The molecule has 2 aliphatic heterocycles. The van der Waals surface area contributed by atoms with Gasteiger partial charge in [0.1, 0.15) is 5.82 Å². The van der Waals surface area contributed by atoms with Crippen molar-refractivity contribution >= 4 is 34.7 Å². The number of pyridine rings is 1. The highest BCUT2D eigenvalue weighted by atomic mass is 35.5. The topological polar surface area (TPSA) is 66.8 Å². The predicted octanol–water partition coefficient (Wildman–Crippen LogP) is 2.56. The lowest BCUT2D eigenvalue weighted by molar-refractivity contribution is -0.110. The van der Waals surface area contributed by atoms with Gasteiger partial charge in [0.15, 0.2) is 11.8 Å². The zero-order valence-corrected chi connectivity index (χ0v) is 13.5. The third kappa shape index (κ3) is 2.80. The van der Waals surface area contributed by atoms with Crippen LogP contribution in [0.3, 0.4) is 0 Å². The molecule has 3 heterocycles. The quantitative estimate of drug-likeness (QED) is 0.931. The van der Waals surface area contributed by atoms with Gasteiger partial charge in [0.25, 0.3) is 5.91 Å². The van der Waals surface area contributed by atoms with Crippen LogP contribution in [0.2, 0.25) is 5.02 Å². The molecule has 2 aromatic rings. The first-order valence-electron chi connectivity index (χ1n) is 7.67. The highest BCUT2D eigenvalue weighted by Gasteiger charge is 2.45. The van der Waals surface area contributed by atoms with Gasteiger partial charge in [0, 0.05) is 23.5 Å². The number of fused-ring (bicyclic) bond motifs is 1. The number of hydrogen-bond acceptors (Lipinski definition) is 5. The molecule has 122 valence electrons. The standard InChI is InChI=1S/C17H15ClN4O2/c18-11-4-3-5-12(8-11)20-17(23)16-13-9-22(10-14(13)24-21-16)15-6-1-2-7-19-15/h1-8,13-14H,9-10H2,(H,20,23)/t13-,14+/m0/s1. The Labute approximate surface area is 144 Å². The summed E-state index contributed by atoms with van der Waals surface area (Å²) < 4.78 is 0. The lowest BCUT2D eigenvalue weighted by atomic mass is 10.0. The van der Waals surface area contributed by atoms with E-state index >= 15 is 0 Å². The second-order valence-corrected chi connectivity index (χ2v) is 6.22. The van der Waals surface area contributed by atoms with E-state index in [1.54, 1.807) is 30.5 Å². The van der Waals surface area contributed by atoms with Gasteiger partial charge < -0.3 is 15.1 Å². The molecule has 2 aliphatic rings. The van der Waals surface area contributed by atoms with Crippen molar-refractivity contribution in [1.29, 1.82) is 0 Å². The van der Waals surface area contributed by atoms with Crippen molar-refractivity contribution in [3.05, 3.63) is 53.7 Å². The predicted molar refractivity (Wildman–Crippen MR) is 92.3 cm³/mol. The third-order valence-electron chi connectivity index (χ3n) is 4.19. The first kappa shape index (κ1) is 15.0. The molecule has 0 bridgehead atoms. The molecule has 1 aromatic heterocycles. The summed E-state index contributed by atoms with van der Waals surface area (Å²) in [5, 5.41) is 7.38. The van der Waals surface area contributed by atoms with E-state index in [0.717, 1.165) is 5.82 Å². The van der Waals surface area contributed by atoms with Gasteiger partial charge in [-0.05, 0) is 30.3 Å². The van der Waals surface area contributed by atoms with Gasteiger partial charge in [-0.2, -0.15) is 0 Å². The number of nitrogens with zero attached hydrogens (tertiary/aromatic N) is 3. The number of carbonyl (C=O) groups excluding carboxylic acids is 1. The minimum atomic E-state index is -0.257. The molecular weight excluding hydrogens is 328 g/mol. The summed E-state index contributed by atoms with van der Waals surface area (Å²) in [5.74, 6) is 0.559. The van der Waals surface area contributed by atoms with Crippen LogP contribution in [0.5, 0.6) is 0 Å². The van der Waals surface area contributed by atoms with E-state index in [9.17, 15) is 4.79 Å². The van der Waals surface area contributed by atoms with Crippen LogP contribution in [0.15, 0.2) is 53.8 Å². The Morgan fingerprint density at radius 3 is 2.96 bits per heavy atom. The molecule has 2 atom stereocenters. The minimum Gasteiger partial charge on any atom is -0.389 e. The van der Waals surface area contributed by atoms with Crippen LogP contribution in [-0.4, -0.2) is 35.8 Å². The number of aromatic nitrogens is 1. The summed E-state index contributed by atoms with van der Waals surface area (Å²) in [6, 6.07) is 12.8. The molecule has 4 rings (SSSR count). The molecule has 1 saturated heterocycles. The number of amides is 1. The van der Waals surface area contributed by atoms with Crippen molar-refractivity contribution in [1.82, 2.24) is 4.98 Å². The van der Waals surface area contributed by atoms with Crippen molar-refractivity contribution < 1.29 is 9.63 Å². The van der Waals surface area contributed by atoms with E-state index in [0.29, 0.717) is 29.5 Å². The third-order valence-corrected chi connectivity index (χ3v) is 4.43. The molecule has 0 spiro atoms. The van der Waals surface area contributed by atoms with Crippen LogP contribution in [0.1, 0.15) is 0 Å². The minimum absolute atomic E-state index is 0.0637. The van der Waals surface area contributed by atoms with Crippen LogP contribution in [-0.2, 0) is 9.63 Å². The summed E-state index contributed by atoms with van der Waals surface area (Å²) in [7, 11) is 0. The molecule has 24 heavy (non-hydrogen) atoms. The lowest BCUT2D eigenvalue weighted by Crippen LogP contribution is -2.32. The van der Waals surface area contributed by atoms with E-state index in [4.69, 9.17) is 16.4 Å². The van der Waals surface area contributed by atoms with E-state index in [1.807, 2.05) is 18.2 Å². The van der Waals surface area contributed by atoms with Gasteiger partial charge in [-0.15, -0.1) is 0 Å². The molecule has 7 heteroatoms. The van der Waals surface area contributed by atoms with E-state index in [-0.39, 0.29) is 17.9 Å². The van der Waals surface area contributed by atoms with Gasteiger partial charge in [-0.25, -0.2) is 4.98 Å².